The van der Waals surface area contributed by atoms with E-state index in [2.05, 4.69) is 11.4 Å². The van der Waals surface area contributed by atoms with Gasteiger partial charge in [-0.05, 0) is 37.1 Å². The van der Waals surface area contributed by atoms with Crippen LogP contribution in [0, 0.1) is 23.1 Å². The van der Waals surface area contributed by atoms with Gasteiger partial charge in [0.15, 0.2) is 0 Å². The van der Waals surface area contributed by atoms with Gasteiger partial charge < -0.3 is 10.1 Å². The molecule has 5 heteroatoms. The van der Waals surface area contributed by atoms with Crippen molar-refractivity contribution >= 4 is 12.0 Å². The van der Waals surface area contributed by atoms with Crippen LogP contribution in [-0.2, 0) is 9.53 Å². The molecule has 0 saturated carbocycles. The van der Waals surface area contributed by atoms with Gasteiger partial charge in [0.25, 0.3) is 0 Å². The van der Waals surface area contributed by atoms with E-state index in [4.69, 9.17) is 10.00 Å². The van der Waals surface area contributed by atoms with E-state index in [9.17, 15) is 9.18 Å². The van der Waals surface area contributed by atoms with Crippen molar-refractivity contribution in [1.29, 1.82) is 5.26 Å². The minimum Gasteiger partial charge on any atom is -0.381 e. The number of carbonyl (C=O) groups excluding carboxylic acids is 1. The normalized spacial score (nSPS) is 19.9. The van der Waals surface area contributed by atoms with Crippen LogP contribution >= 0.6 is 0 Å². The molecule has 2 rings (SSSR count). The third-order valence-corrected chi connectivity index (χ3v) is 3.47. The fourth-order valence-corrected chi connectivity index (χ4v) is 2.20. The van der Waals surface area contributed by atoms with Crippen molar-refractivity contribution in [3.63, 3.8) is 0 Å². The Balaban J connectivity index is 2.01. The highest BCUT2D eigenvalue weighted by Crippen LogP contribution is 2.17. The van der Waals surface area contributed by atoms with E-state index in [1.54, 1.807) is 25.1 Å². The van der Waals surface area contributed by atoms with E-state index < -0.39 is 6.04 Å². The third-order valence-electron chi connectivity index (χ3n) is 3.47. The summed E-state index contributed by atoms with van der Waals surface area (Å²) in [6, 6.07) is 7.44. The Morgan fingerprint density at radius 2 is 2.24 bits per heavy atom. The number of nitrogens with zero attached hydrogens (tertiary/aromatic N) is 1. The van der Waals surface area contributed by atoms with Crippen LogP contribution in [0.3, 0.4) is 0 Å². The lowest BCUT2D eigenvalue weighted by atomic mass is 10.00. The number of rotatable bonds is 4. The van der Waals surface area contributed by atoms with Gasteiger partial charge in [-0.1, -0.05) is 12.1 Å². The molecule has 1 amide bonds. The van der Waals surface area contributed by atoms with Gasteiger partial charge in [-0.2, -0.15) is 5.26 Å². The molecular formula is C16H17FN2O2. The molecule has 0 aromatic heterocycles. The predicted molar refractivity (Wildman–Crippen MR) is 76.5 cm³/mol. The second-order valence-corrected chi connectivity index (χ2v) is 5.08. The van der Waals surface area contributed by atoms with Crippen molar-refractivity contribution in [3.05, 3.63) is 41.2 Å². The number of nitriles is 1. The van der Waals surface area contributed by atoms with Crippen LogP contribution in [0.5, 0.6) is 0 Å². The molecule has 0 bridgehead atoms. The van der Waals surface area contributed by atoms with Crippen molar-refractivity contribution in [2.45, 2.75) is 19.4 Å². The standard InChI is InChI=1S/C16H17FN2O2/c1-11(8-12-2-4-14(17)5-3-12)16(20)19-15(9-18)13-6-7-21-10-13/h2-5,8,13,15H,6-7,10H2,1H3,(H,19,20)/b11-8-/t13-,15+/m0/s1. The molecule has 1 aliphatic rings. The second kappa shape index (κ2) is 7.00. The number of benzene rings is 1. The average Bonchev–Trinajstić information content (AvgIpc) is 3.01. The van der Waals surface area contributed by atoms with Gasteiger partial charge in [0.2, 0.25) is 5.91 Å². The highest BCUT2D eigenvalue weighted by molar-refractivity contribution is 5.97. The highest BCUT2D eigenvalue weighted by atomic mass is 19.1. The van der Waals surface area contributed by atoms with Gasteiger partial charge in [-0.15, -0.1) is 0 Å². The number of nitrogens with one attached hydrogen (secondary N) is 1. The highest BCUT2D eigenvalue weighted by Gasteiger charge is 2.27. The lowest BCUT2D eigenvalue weighted by molar-refractivity contribution is -0.118. The van der Waals surface area contributed by atoms with E-state index in [0.717, 1.165) is 12.0 Å². The fourth-order valence-electron chi connectivity index (χ4n) is 2.20. The smallest absolute Gasteiger partial charge is 0.247 e. The molecule has 0 aliphatic carbocycles. The van der Waals surface area contributed by atoms with Crippen LogP contribution in [0.25, 0.3) is 6.08 Å². The number of halogens is 1. The maximum Gasteiger partial charge on any atom is 0.247 e. The number of ether oxygens (including phenoxy) is 1. The van der Waals surface area contributed by atoms with E-state index in [-0.39, 0.29) is 17.6 Å². The Bertz CT molecular complexity index is 569. The van der Waals surface area contributed by atoms with Gasteiger partial charge >= 0.3 is 0 Å². The molecule has 21 heavy (non-hydrogen) atoms. The minimum absolute atomic E-state index is 0.0394. The van der Waals surface area contributed by atoms with Crippen molar-refractivity contribution in [1.82, 2.24) is 5.32 Å². The van der Waals surface area contributed by atoms with Crippen LogP contribution in [0.4, 0.5) is 4.39 Å². The Kier molecular flexibility index (Phi) is 5.07. The predicted octanol–water partition coefficient (Wildman–Crippen LogP) is 2.27. The number of carbonyl (C=O) groups is 1. The third kappa shape index (κ3) is 4.14. The zero-order chi connectivity index (χ0) is 15.2. The van der Waals surface area contributed by atoms with Crippen LogP contribution in [-0.4, -0.2) is 25.2 Å². The van der Waals surface area contributed by atoms with E-state index >= 15 is 0 Å². The van der Waals surface area contributed by atoms with Crippen molar-refractivity contribution in [2.75, 3.05) is 13.2 Å². The minimum atomic E-state index is -0.545. The summed E-state index contributed by atoms with van der Waals surface area (Å²) in [4.78, 5) is 12.1. The molecule has 0 unspecified atom stereocenters. The molecule has 2 atom stereocenters. The van der Waals surface area contributed by atoms with E-state index in [1.807, 2.05) is 0 Å². The SMILES string of the molecule is C/C(=C/c1ccc(F)cc1)C(=O)N[C@H](C#N)[C@H]1CCOC1. The quantitative estimate of drug-likeness (QED) is 0.865. The molecule has 1 aromatic carbocycles. The van der Waals surface area contributed by atoms with Crippen LogP contribution in [0.1, 0.15) is 18.9 Å². The van der Waals surface area contributed by atoms with Gasteiger partial charge in [-0.3, -0.25) is 4.79 Å². The topological polar surface area (TPSA) is 62.1 Å². The van der Waals surface area contributed by atoms with Crippen molar-refractivity contribution in [2.24, 2.45) is 5.92 Å². The summed E-state index contributed by atoms with van der Waals surface area (Å²) in [5.41, 5.74) is 1.21. The first kappa shape index (κ1) is 15.2. The molecule has 1 saturated heterocycles. The summed E-state index contributed by atoms with van der Waals surface area (Å²) in [6.07, 6.45) is 2.44. The van der Waals surface area contributed by atoms with Crippen LogP contribution in [0.15, 0.2) is 29.8 Å². The summed E-state index contributed by atoms with van der Waals surface area (Å²) in [6.45, 7) is 2.79. The maximum absolute atomic E-state index is 12.8. The molecule has 1 fully saturated rings. The van der Waals surface area contributed by atoms with Gasteiger partial charge in [0.05, 0.1) is 12.7 Å². The summed E-state index contributed by atoms with van der Waals surface area (Å²) < 4.78 is 18.1. The molecule has 1 aromatic rings. The Morgan fingerprint density at radius 1 is 1.52 bits per heavy atom. The first-order valence-electron chi connectivity index (χ1n) is 6.82. The lowest BCUT2D eigenvalue weighted by Crippen LogP contribution is -2.39. The second-order valence-electron chi connectivity index (χ2n) is 5.08. The average molecular weight is 288 g/mol. The summed E-state index contributed by atoms with van der Waals surface area (Å²) in [5.74, 6) is -0.574. The summed E-state index contributed by atoms with van der Waals surface area (Å²) in [5, 5.41) is 11.9. The van der Waals surface area contributed by atoms with Gasteiger partial charge in [0.1, 0.15) is 11.9 Å². The number of hydrogen-bond donors (Lipinski definition) is 1. The van der Waals surface area contributed by atoms with E-state index in [0.29, 0.717) is 18.8 Å². The number of hydrogen-bond acceptors (Lipinski definition) is 3. The fraction of sp³-hybridized carbons (Fsp3) is 0.375. The van der Waals surface area contributed by atoms with Gasteiger partial charge in [0, 0.05) is 18.1 Å². The lowest BCUT2D eigenvalue weighted by Gasteiger charge is -2.16. The molecular weight excluding hydrogens is 271 g/mol. The summed E-state index contributed by atoms with van der Waals surface area (Å²) >= 11 is 0. The monoisotopic (exact) mass is 288 g/mol. The Hall–Kier alpha value is -2.19. The molecule has 1 aliphatic heterocycles. The van der Waals surface area contributed by atoms with Crippen molar-refractivity contribution < 1.29 is 13.9 Å². The molecule has 4 nitrogen and oxygen atoms in total. The first-order valence-corrected chi connectivity index (χ1v) is 6.82. The molecule has 0 spiro atoms. The largest absolute Gasteiger partial charge is 0.381 e. The zero-order valence-electron chi connectivity index (χ0n) is 11.8. The molecule has 0 radical (unpaired) electrons. The van der Waals surface area contributed by atoms with Crippen molar-refractivity contribution in [3.8, 4) is 6.07 Å². The molecule has 1 heterocycles. The van der Waals surface area contributed by atoms with E-state index in [1.165, 1.54) is 12.1 Å². The maximum atomic E-state index is 12.8. The van der Waals surface area contributed by atoms with Gasteiger partial charge in [-0.25, -0.2) is 4.39 Å². The Morgan fingerprint density at radius 3 is 2.81 bits per heavy atom. The Labute approximate surface area is 123 Å². The molecule has 110 valence electrons. The molecule has 1 N–H and O–H groups in total. The number of amides is 1. The first-order chi connectivity index (χ1) is 10.1. The summed E-state index contributed by atoms with van der Waals surface area (Å²) in [7, 11) is 0. The zero-order valence-corrected chi connectivity index (χ0v) is 11.8. The van der Waals surface area contributed by atoms with Crippen LogP contribution in [0.2, 0.25) is 0 Å². The van der Waals surface area contributed by atoms with Crippen LogP contribution < -0.4 is 5.32 Å².